The minimum Gasteiger partial charge on any atom is -0.313 e. The largest absolute Gasteiger partial charge is 0.313 e. The third-order valence-corrected chi connectivity index (χ3v) is 11.9. The molecule has 5 nitrogen and oxygen atoms in total. The highest BCUT2D eigenvalue weighted by Crippen LogP contribution is 2.49. The molecule has 0 amide bonds. The lowest BCUT2D eigenvalue weighted by atomic mass is 9.99. The van der Waals surface area contributed by atoms with Gasteiger partial charge in [-0.2, -0.15) is 10.5 Å². The molecule has 7 aromatic carbocycles. The van der Waals surface area contributed by atoms with Gasteiger partial charge in [0, 0.05) is 59.8 Å². The molecule has 0 N–H and O–H groups in total. The monoisotopic (exact) mass is 747 g/mol. The highest BCUT2D eigenvalue weighted by molar-refractivity contribution is 7.99. The van der Waals surface area contributed by atoms with Gasteiger partial charge in [-0.25, -0.2) is 0 Å². The number of hydrogen-bond acceptors (Lipinski definition) is 3. The lowest BCUT2D eigenvalue weighted by Crippen LogP contribution is -2.02. The Morgan fingerprint density at radius 1 is 0.456 bits per heavy atom. The zero-order chi connectivity index (χ0) is 38.5. The minimum atomic E-state index is 0.494. The van der Waals surface area contributed by atoms with E-state index in [1.807, 2.05) is 0 Å². The fourth-order valence-electron chi connectivity index (χ4n) is 8.38. The highest BCUT2D eigenvalue weighted by Gasteiger charge is 2.29. The van der Waals surface area contributed by atoms with Gasteiger partial charge in [-0.3, -0.25) is 0 Å². The number of para-hydroxylation sites is 5. The van der Waals surface area contributed by atoms with Crippen molar-refractivity contribution in [2.24, 2.45) is 0 Å². The summed E-state index contributed by atoms with van der Waals surface area (Å²) >= 11 is 1.45. The Morgan fingerprint density at radius 3 is 1.60 bits per heavy atom. The predicted molar refractivity (Wildman–Crippen MR) is 233 cm³/mol. The first kappa shape index (κ1) is 34.0. The average Bonchev–Trinajstić information content (AvgIpc) is 3.91. The molecule has 3 heterocycles. The van der Waals surface area contributed by atoms with Gasteiger partial charge in [0.05, 0.1) is 39.1 Å². The summed E-state index contributed by atoms with van der Waals surface area (Å²) in [6, 6.07) is 67.9. The van der Waals surface area contributed by atoms with E-state index in [1.165, 1.54) is 22.7 Å². The summed E-state index contributed by atoms with van der Waals surface area (Å²) in [5.41, 5.74) is 13.3. The molecule has 10 rings (SSSR count). The molecule has 6 heteroatoms. The van der Waals surface area contributed by atoms with Crippen LogP contribution in [0.5, 0.6) is 0 Å². The van der Waals surface area contributed by atoms with Gasteiger partial charge >= 0.3 is 0 Å². The Hall–Kier alpha value is -7.51. The normalized spacial score (nSPS) is 11.3. The van der Waals surface area contributed by atoms with Crippen molar-refractivity contribution in [2.75, 3.05) is 0 Å². The zero-order valence-electron chi connectivity index (χ0n) is 31.0. The first-order valence-corrected chi connectivity index (χ1v) is 19.6. The second kappa shape index (κ2) is 14.0. The molecule has 0 saturated heterocycles. The van der Waals surface area contributed by atoms with E-state index in [0.29, 0.717) is 16.0 Å². The molecule has 0 aliphatic carbocycles. The summed E-state index contributed by atoms with van der Waals surface area (Å²) in [5.74, 6) is 0. The number of nitrogens with zero attached hydrogens (tertiary/aromatic N) is 5. The van der Waals surface area contributed by atoms with E-state index < -0.39 is 0 Å². The van der Waals surface area contributed by atoms with Crippen LogP contribution in [0, 0.1) is 29.6 Å². The van der Waals surface area contributed by atoms with E-state index in [2.05, 4.69) is 197 Å². The van der Waals surface area contributed by atoms with Crippen LogP contribution in [-0.4, -0.2) is 13.7 Å². The van der Waals surface area contributed by atoms with E-state index >= 15 is 0 Å². The Bertz CT molecular complexity index is 3190. The lowest BCUT2D eigenvalue weighted by Gasteiger charge is -2.17. The second-order valence-corrected chi connectivity index (χ2v) is 15.1. The highest BCUT2D eigenvalue weighted by atomic mass is 32.2. The number of fused-ring (bicyclic) bond motifs is 3. The van der Waals surface area contributed by atoms with Crippen molar-refractivity contribution in [3.05, 3.63) is 199 Å². The molecule has 0 aliphatic heterocycles. The number of benzene rings is 7. The molecular formula is C51H33N5S. The van der Waals surface area contributed by atoms with Crippen molar-refractivity contribution in [2.45, 2.75) is 16.7 Å². The molecule has 3 aromatic heterocycles. The maximum absolute atomic E-state index is 9.84. The van der Waals surface area contributed by atoms with Gasteiger partial charge < -0.3 is 13.7 Å². The van der Waals surface area contributed by atoms with Crippen molar-refractivity contribution in [3.8, 4) is 51.7 Å². The van der Waals surface area contributed by atoms with Crippen LogP contribution in [0.25, 0.3) is 72.3 Å². The summed E-state index contributed by atoms with van der Waals surface area (Å²) in [4.78, 5) is 1.62. The quantitative estimate of drug-likeness (QED) is 0.163. The maximum atomic E-state index is 9.84. The molecule has 0 fully saturated rings. The van der Waals surface area contributed by atoms with E-state index in [9.17, 15) is 10.5 Å². The van der Waals surface area contributed by atoms with Gasteiger partial charge in [0.1, 0.15) is 12.1 Å². The van der Waals surface area contributed by atoms with Crippen molar-refractivity contribution in [1.82, 2.24) is 13.7 Å². The SMILES string of the molecule is Cc1c(-c2c(-c3cc4ccccc4n3-c3ccc(Sc4c(C#N)cccc4C#N)cc3)c3ccccc3n2-c2ccccc2)c2ccccc2n1-c1ccccc1. The number of rotatable bonds is 7. The molecule has 10 aromatic rings. The Labute approximate surface area is 334 Å². The van der Waals surface area contributed by atoms with Gasteiger partial charge in [0.2, 0.25) is 0 Å². The molecule has 57 heavy (non-hydrogen) atoms. The fourth-order valence-corrected chi connectivity index (χ4v) is 9.33. The Balaban J connectivity index is 1.27. The van der Waals surface area contributed by atoms with Gasteiger partial charge in [-0.15, -0.1) is 0 Å². The van der Waals surface area contributed by atoms with Crippen LogP contribution >= 0.6 is 11.8 Å². The van der Waals surface area contributed by atoms with Crippen molar-refractivity contribution in [3.63, 3.8) is 0 Å². The molecule has 0 saturated carbocycles. The summed E-state index contributed by atoms with van der Waals surface area (Å²) in [6.45, 7) is 2.24. The van der Waals surface area contributed by atoms with Gasteiger partial charge in [-0.05, 0) is 91.9 Å². The topological polar surface area (TPSA) is 62.4 Å². The standard InChI is InChI=1S/C51H33N5S/c1-34-48(42-22-9-12-25-45(42)54(34)38-18-4-2-5-19-38)50-49(43-23-10-13-26-46(43)56(50)39-20-6-3-7-21-39)47-31-35-15-8-11-24-44(35)55(47)40-27-29-41(30-28-40)57-51-36(32-52)16-14-17-37(51)33-53/h2-31H,1H3. The molecule has 0 atom stereocenters. The van der Waals surface area contributed by atoms with Crippen LogP contribution in [0.4, 0.5) is 0 Å². The maximum Gasteiger partial charge on any atom is 0.100 e. The first-order valence-electron chi connectivity index (χ1n) is 18.8. The van der Waals surface area contributed by atoms with E-state index in [-0.39, 0.29) is 0 Å². The average molecular weight is 748 g/mol. The Kier molecular flexibility index (Phi) is 8.33. The number of hydrogen-bond donors (Lipinski definition) is 0. The molecule has 0 bridgehead atoms. The van der Waals surface area contributed by atoms with Gasteiger partial charge in [0.25, 0.3) is 0 Å². The number of nitriles is 2. The van der Waals surface area contributed by atoms with Crippen LogP contribution in [0.15, 0.2) is 192 Å². The molecule has 0 aliphatic rings. The van der Waals surface area contributed by atoms with E-state index in [0.717, 1.165) is 71.9 Å². The molecule has 268 valence electrons. The second-order valence-electron chi connectivity index (χ2n) is 14.0. The third-order valence-electron chi connectivity index (χ3n) is 10.8. The van der Waals surface area contributed by atoms with E-state index in [4.69, 9.17) is 0 Å². The predicted octanol–water partition coefficient (Wildman–Crippen LogP) is 13.1. The fraction of sp³-hybridized carbons (Fsp3) is 0.0196. The van der Waals surface area contributed by atoms with E-state index in [1.54, 1.807) is 18.2 Å². The third kappa shape index (κ3) is 5.54. The van der Waals surface area contributed by atoms with Crippen molar-refractivity contribution in [1.29, 1.82) is 10.5 Å². The summed E-state index contributed by atoms with van der Waals surface area (Å²) in [7, 11) is 0. The molecular weight excluding hydrogens is 715 g/mol. The molecule has 0 spiro atoms. The summed E-state index contributed by atoms with van der Waals surface area (Å²) in [6.07, 6.45) is 0. The van der Waals surface area contributed by atoms with Crippen molar-refractivity contribution >= 4 is 44.5 Å². The lowest BCUT2D eigenvalue weighted by molar-refractivity contribution is 1.05. The molecule has 0 radical (unpaired) electrons. The Morgan fingerprint density at radius 2 is 0.965 bits per heavy atom. The molecule has 0 unspecified atom stereocenters. The van der Waals surface area contributed by atoms with Gasteiger partial charge in [-0.1, -0.05) is 109 Å². The summed E-state index contributed by atoms with van der Waals surface area (Å²) in [5, 5.41) is 23.1. The zero-order valence-corrected chi connectivity index (χ0v) is 31.8. The minimum absolute atomic E-state index is 0.494. The number of aromatic nitrogens is 3. The van der Waals surface area contributed by atoms with Gasteiger partial charge in [0.15, 0.2) is 0 Å². The van der Waals surface area contributed by atoms with Crippen LogP contribution in [0.3, 0.4) is 0 Å². The smallest absolute Gasteiger partial charge is 0.100 e. The van der Waals surface area contributed by atoms with Crippen LogP contribution in [0.2, 0.25) is 0 Å². The van der Waals surface area contributed by atoms with Crippen LogP contribution in [0.1, 0.15) is 16.8 Å². The van der Waals surface area contributed by atoms with Crippen LogP contribution in [-0.2, 0) is 0 Å². The van der Waals surface area contributed by atoms with Crippen molar-refractivity contribution < 1.29 is 0 Å². The summed E-state index contributed by atoms with van der Waals surface area (Å²) < 4.78 is 7.20. The van der Waals surface area contributed by atoms with Crippen LogP contribution < -0.4 is 0 Å². The first-order chi connectivity index (χ1) is 28.1.